The van der Waals surface area contributed by atoms with Crippen LogP contribution >= 0.6 is 0 Å². The summed E-state index contributed by atoms with van der Waals surface area (Å²) >= 11 is 0. The molecule has 0 N–H and O–H groups in total. The Bertz CT molecular complexity index is 1260. The Morgan fingerprint density at radius 1 is 1.03 bits per heavy atom. The van der Waals surface area contributed by atoms with Crippen molar-refractivity contribution in [2.75, 3.05) is 40.1 Å². The van der Waals surface area contributed by atoms with E-state index in [9.17, 15) is 18.0 Å². The van der Waals surface area contributed by atoms with Crippen molar-refractivity contribution in [1.29, 1.82) is 0 Å². The summed E-state index contributed by atoms with van der Waals surface area (Å²) < 4.78 is 37.5. The second kappa shape index (κ2) is 9.41. The largest absolute Gasteiger partial charge is 0.495 e. The molecule has 0 unspecified atom stereocenters. The van der Waals surface area contributed by atoms with Gasteiger partial charge in [0.15, 0.2) is 0 Å². The lowest BCUT2D eigenvalue weighted by molar-refractivity contribution is -0.117. The molecule has 35 heavy (non-hydrogen) atoms. The first-order chi connectivity index (χ1) is 16.5. The number of hydrogen-bond donors (Lipinski definition) is 0. The highest BCUT2D eigenvalue weighted by molar-refractivity contribution is 7.93. The van der Waals surface area contributed by atoms with Gasteiger partial charge in [0.05, 0.1) is 42.1 Å². The van der Waals surface area contributed by atoms with E-state index in [1.165, 1.54) is 18.3 Å². The number of carbonyl (C=O) groups excluding carboxylic acids is 2. The molecular weight excluding hydrogens is 470 g/mol. The van der Waals surface area contributed by atoms with E-state index >= 15 is 0 Å². The minimum atomic E-state index is -3.40. The maximum atomic E-state index is 12.9. The molecule has 0 radical (unpaired) electrons. The molecule has 4 rings (SSSR count). The van der Waals surface area contributed by atoms with Crippen LogP contribution in [0.25, 0.3) is 11.1 Å². The van der Waals surface area contributed by atoms with Crippen LogP contribution in [0.5, 0.6) is 5.75 Å². The molecule has 2 aromatic rings. The van der Waals surface area contributed by atoms with Crippen LogP contribution in [0.3, 0.4) is 0 Å². The molecule has 2 aliphatic heterocycles. The number of anilines is 3. The zero-order valence-corrected chi connectivity index (χ0v) is 21.5. The van der Waals surface area contributed by atoms with Gasteiger partial charge >= 0.3 is 6.09 Å². The molecule has 0 bridgehead atoms. The van der Waals surface area contributed by atoms with Gasteiger partial charge < -0.3 is 14.4 Å². The maximum Gasteiger partial charge on any atom is 0.414 e. The highest BCUT2D eigenvalue weighted by Crippen LogP contribution is 2.41. The first kappa shape index (κ1) is 24.8. The van der Waals surface area contributed by atoms with E-state index in [2.05, 4.69) is 0 Å². The van der Waals surface area contributed by atoms with Crippen LogP contribution in [0.2, 0.25) is 0 Å². The standard InChI is InChI=1S/C25H31N3O6S/c1-16(2)34-25(30)26-15-17(3)28(18(4)29)21-9-7-19(13-22(21)26)20-8-10-24(33-5)23(14-20)27-11-6-12-35(27,31)32/h7-10,13-14,16-17H,6,11-12,15H2,1-5H3/t17-/m0/s1. The molecule has 188 valence electrons. The molecular formula is C25H31N3O6S. The molecule has 10 heteroatoms. The van der Waals surface area contributed by atoms with Crippen LogP contribution in [0.15, 0.2) is 36.4 Å². The Hall–Kier alpha value is -3.27. The molecule has 0 saturated carbocycles. The monoisotopic (exact) mass is 501 g/mol. The summed E-state index contributed by atoms with van der Waals surface area (Å²) in [5, 5.41) is 0. The summed E-state index contributed by atoms with van der Waals surface area (Å²) in [6.45, 7) is 7.66. The lowest BCUT2D eigenvalue weighted by Gasteiger charge is -2.40. The van der Waals surface area contributed by atoms with Crippen molar-refractivity contribution >= 4 is 39.1 Å². The first-order valence-corrected chi connectivity index (χ1v) is 13.2. The van der Waals surface area contributed by atoms with Crippen molar-refractivity contribution < 1.29 is 27.5 Å². The minimum Gasteiger partial charge on any atom is -0.495 e. The molecule has 0 aliphatic carbocycles. The van der Waals surface area contributed by atoms with E-state index in [0.717, 1.165) is 11.1 Å². The number of nitrogens with zero attached hydrogens (tertiary/aromatic N) is 3. The summed E-state index contributed by atoms with van der Waals surface area (Å²) in [6.07, 6.45) is -0.213. The number of fused-ring (bicyclic) bond motifs is 1. The predicted octanol–water partition coefficient (Wildman–Crippen LogP) is 4.01. The number of benzene rings is 2. The SMILES string of the molecule is COc1ccc(-c2ccc3c(c2)N(C(=O)OC(C)C)C[C@H](C)N3C(C)=O)cc1N1CCCS1(=O)=O. The topological polar surface area (TPSA) is 96.5 Å². The summed E-state index contributed by atoms with van der Waals surface area (Å²) in [4.78, 5) is 28.6. The van der Waals surface area contributed by atoms with E-state index < -0.39 is 16.1 Å². The van der Waals surface area contributed by atoms with Gasteiger partial charge in [0.2, 0.25) is 15.9 Å². The van der Waals surface area contributed by atoms with Crippen molar-refractivity contribution in [2.45, 2.75) is 46.3 Å². The summed E-state index contributed by atoms with van der Waals surface area (Å²) in [5.41, 5.74) is 3.19. The fourth-order valence-electron chi connectivity index (χ4n) is 4.70. The molecule has 2 amide bonds. The van der Waals surface area contributed by atoms with Crippen molar-refractivity contribution in [2.24, 2.45) is 0 Å². The van der Waals surface area contributed by atoms with E-state index in [1.807, 2.05) is 31.2 Å². The molecule has 2 heterocycles. The van der Waals surface area contributed by atoms with E-state index in [-0.39, 0.29) is 23.8 Å². The average molecular weight is 502 g/mol. The quantitative estimate of drug-likeness (QED) is 0.628. The second-order valence-corrected chi connectivity index (χ2v) is 11.1. The zero-order chi connectivity index (χ0) is 25.5. The number of hydrogen-bond acceptors (Lipinski definition) is 6. The Morgan fingerprint density at radius 2 is 1.69 bits per heavy atom. The van der Waals surface area contributed by atoms with Gasteiger partial charge in [-0.3, -0.25) is 14.0 Å². The third kappa shape index (κ3) is 4.67. The average Bonchev–Trinajstić information content (AvgIpc) is 3.15. The van der Waals surface area contributed by atoms with E-state index in [0.29, 0.717) is 42.3 Å². The van der Waals surface area contributed by atoms with Crippen LogP contribution in [-0.2, 0) is 19.6 Å². The normalized spacial score (nSPS) is 19.0. The number of sulfonamides is 1. The van der Waals surface area contributed by atoms with Crippen molar-refractivity contribution in [3.8, 4) is 16.9 Å². The smallest absolute Gasteiger partial charge is 0.414 e. The lowest BCUT2D eigenvalue weighted by atomic mass is 10.00. The van der Waals surface area contributed by atoms with Gasteiger partial charge in [-0.1, -0.05) is 12.1 Å². The van der Waals surface area contributed by atoms with Gasteiger partial charge in [0.25, 0.3) is 0 Å². The minimum absolute atomic E-state index is 0.102. The Balaban J connectivity index is 1.82. The van der Waals surface area contributed by atoms with Gasteiger partial charge in [-0.05, 0) is 62.6 Å². The van der Waals surface area contributed by atoms with Gasteiger partial charge in [-0.25, -0.2) is 13.2 Å². The van der Waals surface area contributed by atoms with Crippen molar-refractivity contribution in [1.82, 2.24) is 0 Å². The molecule has 1 fully saturated rings. The molecule has 0 aromatic heterocycles. The summed E-state index contributed by atoms with van der Waals surface area (Å²) in [7, 11) is -1.89. The zero-order valence-electron chi connectivity index (χ0n) is 20.6. The molecule has 0 spiro atoms. The number of carbonyl (C=O) groups is 2. The molecule has 9 nitrogen and oxygen atoms in total. The molecule has 1 saturated heterocycles. The summed E-state index contributed by atoms with van der Waals surface area (Å²) in [6, 6.07) is 10.7. The first-order valence-electron chi connectivity index (χ1n) is 11.6. The van der Waals surface area contributed by atoms with E-state index in [4.69, 9.17) is 9.47 Å². The molecule has 2 aromatic carbocycles. The van der Waals surface area contributed by atoms with Gasteiger partial charge in [-0.2, -0.15) is 0 Å². The Morgan fingerprint density at radius 3 is 2.26 bits per heavy atom. The Labute approximate surface area is 206 Å². The van der Waals surface area contributed by atoms with Crippen molar-refractivity contribution in [3.05, 3.63) is 36.4 Å². The number of amides is 2. The third-order valence-corrected chi connectivity index (χ3v) is 8.05. The van der Waals surface area contributed by atoms with Crippen molar-refractivity contribution in [3.63, 3.8) is 0 Å². The molecule has 1 atom stereocenters. The fraction of sp³-hybridized carbons (Fsp3) is 0.440. The Kier molecular flexibility index (Phi) is 6.68. The van der Waals surface area contributed by atoms with Crippen LogP contribution in [-0.4, -0.2) is 58.5 Å². The molecule has 2 aliphatic rings. The van der Waals surface area contributed by atoms with Gasteiger partial charge in [0.1, 0.15) is 5.75 Å². The van der Waals surface area contributed by atoms with Gasteiger partial charge in [-0.15, -0.1) is 0 Å². The number of methoxy groups -OCH3 is 1. The highest BCUT2D eigenvalue weighted by Gasteiger charge is 2.35. The lowest BCUT2D eigenvalue weighted by Crippen LogP contribution is -2.51. The maximum absolute atomic E-state index is 12.9. The van der Waals surface area contributed by atoms with Crippen LogP contribution < -0.4 is 18.8 Å². The van der Waals surface area contributed by atoms with E-state index in [1.54, 1.807) is 35.8 Å². The van der Waals surface area contributed by atoms with Crippen LogP contribution in [0.1, 0.15) is 34.1 Å². The predicted molar refractivity (Wildman–Crippen MR) is 136 cm³/mol. The van der Waals surface area contributed by atoms with Crippen LogP contribution in [0, 0.1) is 0 Å². The summed E-state index contributed by atoms with van der Waals surface area (Å²) in [5.74, 6) is 0.454. The fourth-order valence-corrected chi connectivity index (χ4v) is 6.26. The third-order valence-electron chi connectivity index (χ3n) is 6.19. The number of rotatable bonds is 4. The highest BCUT2D eigenvalue weighted by atomic mass is 32.2. The van der Waals surface area contributed by atoms with Gasteiger partial charge in [0, 0.05) is 20.0 Å². The number of ether oxygens (including phenoxy) is 2. The van der Waals surface area contributed by atoms with Crippen LogP contribution in [0.4, 0.5) is 21.9 Å². The second-order valence-electron chi connectivity index (χ2n) is 9.11.